The summed E-state index contributed by atoms with van der Waals surface area (Å²) in [6, 6.07) is 0.961. The summed E-state index contributed by atoms with van der Waals surface area (Å²) >= 11 is 5.68. The zero-order valence-corrected chi connectivity index (χ0v) is 18.2. The molecule has 0 unspecified atom stereocenters. The van der Waals surface area contributed by atoms with E-state index in [-0.39, 0.29) is 0 Å². The molecular weight excluding hydrogens is 340 g/mol. The van der Waals surface area contributed by atoms with Gasteiger partial charge in [0.25, 0.3) is 0 Å². The lowest BCUT2D eigenvalue weighted by atomic mass is 10.1. The fourth-order valence-corrected chi connectivity index (χ4v) is 5.90. The molecule has 0 radical (unpaired) electrons. The molecule has 0 aromatic carbocycles. The van der Waals surface area contributed by atoms with E-state index in [4.69, 9.17) is 24.9 Å². The standard InChI is InChI=1S/C19H41ClO3Si/c1-4-21-24(22-5-2,23-6-3)19-17-15-13-11-9-7-8-10-12-14-16-18-20/h4-19H2,1-3H3. The molecule has 0 atom stereocenters. The minimum absolute atomic E-state index is 0.678. The van der Waals surface area contributed by atoms with Crippen LogP contribution in [0.4, 0.5) is 0 Å². The second kappa shape index (κ2) is 18.2. The number of alkyl halides is 1. The molecule has 0 N–H and O–H groups in total. The highest BCUT2D eigenvalue weighted by molar-refractivity contribution is 6.60. The van der Waals surface area contributed by atoms with Gasteiger partial charge in [0.15, 0.2) is 0 Å². The SMILES string of the molecule is CCO[Si](CCCCCCCCCCCCCCl)(OCC)OCC. The third kappa shape index (κ3) is 13.7. The Hall–Kier alpha value is 0.387. The van der Waals surface area contributed by atoms with Crippen molar-refractivity contribution >= 4 is 20.4 Å². The van der Waals surface area contributed by atoms with Crippen LogP contribution in [0.5, 0.6) is 0 Å². The van der Waals surface area contributed by atoms with Gasteiger partial charge in [0.1, 0.15) is 0 Å². The molecule has 5 heteroatoms. The minimum Gasteiger partial charge on any atom is -0.374 e. The highest BCUT2D eigenvalue weighted by atomic mass is 35.5. The van der Waals surface area contributed by atoms with Crippen molar-refractivity contribution in [3.63, 3.8) is 0 Å². The largest absolute Gasteiger partial charge is 0.500 e. The van der Waals surface area contributed by atoms with E-state index in [0.717, 1.165) is 18.3 Å². The highest BCUT2D eigenvalue weighted by Crippen LogP contribution is 2.21. The second-order valence-electron chi connectivity index (χ2n) is 6.31. The first-order valence-electron chi connectivity index (χ1n) is 10.2. The molecule has 0 aliphatic carbocycles. The Morgan fingerprint density at radius 1 is 0.542 bits per heavy atom. The summed E-state index contributed by atoms with van der Waals surface area (Å²) in [5, 5.41) is 0. The molecule has 0 aromatic heterocycles. The van der Waals surface area contributed by atoms with Crippen LogP contribution in [0.15, 0.2) is 0 Å². The maximum absolute atomic E-state index is 5.90. The van der Waals surface area contributed by atoms with Crippen LogP contribution in [0.25, 0.3) is 0 Å². The van der Waals surface area contributed by atoms with Gasteiger partial charge in [-0.2, -0.15) is 0 Å². The number of halogens is 1. The van der Waals surface area contributed by atoms with E-state index in [1.807, 2.05) is 20.8 Å². The lowest BCUT2D eigenvalue weighted by molar-refractivity contribution is 0.0706. The highest BCUT2D eigenvalue weighted by Gasteiger charge is 2.39. The molecule has 3 nitrogen and oxygen atoms in total. The average molecular weight is 381 g/mol. The molecule has 146 valence electrons. The molecule has 0 saturated carbocycles. The maximum Gasteiger partial charge on any atom is 0.500 e. The van der Waals surface area contributed by atoms with Crippen LogP contribution in [-0.4, -0.2) is 34.5 Å². The van der Waals surface area contributed by atoms with Crippen LogP contribution < -0.4 is 0 Å². The Bertz CT molecular complexity index is 238. The third-order valence-electron chi connectivity index (χ3n) is 4.21. The molecule has 0 saturated heterocycles. The van der Waals surface area contributed by atoms with Crippen LogP contribution >= 0.6 is 11.6 Å². The van der Waals surface area contributed by atoms with Gasteiger partial charge in [0, 0.05) is 31.7 Å². The Kier molecular flexibility index (Phi) is 18.5. The van der Waals surface area contributed by atoms with Gasteiger partial charge in [0.05, 0.1) is 0 Å². The minimum atomic E-state index is -2.40. The first-order valence-corrected chi connectivity index (χ1v) is 12.7. The zero-order valence-electron chi connectivity index (χ0n) is 16.4. The van der Waals surface area contributed by atoms with E-state index >= 15 is 0 Å². The normalized spacial score (nSPS) is 12.0. The van der Waals surface area contributed by atoms with Gasteiger partial charge in [-0.05, 0) is 33.6 Å². The Balaban J connectivity index is 3.60. The molecule has 0 aromatic rings. The van der Waals surface area contributed by atoms with Crippen LogP contribution in [0, 0.1) is 0 Å². The van der Waals surface area contributed by atoms with Gasteiger partial charge in [-0.1, -0.05) is 57.8 Å². The summed E-state index contributed by atoms with van der Waals surface area (Å²) in [5.74, 6) is 0.819. The lowest BCUT2D eigenvalue weighted by Crippen LogP contribution is -2.45. The van der Waals surface area contributed by atoms with Crippen molar-refractivity contribution in [2.45, 2.75) is 97.4 Å². The van der Waals surface area contributed by atoms with Gasteiger partial charge < -0.3 is 13.3 Å². The second-order valence-corrected chi connectivity index (χ2v) is 9.42. The van der Waals surface area contributed by atoms with Gasteiger partial charge in [0.2, 0.25) is 0 Å². The van der Waals surface area contributed by atoms with Crippen LogP contribution in [-0.2, 0) is 13.3 Å². The van der Waals surface area contributed by atoms with E-state index in [9.17, 15) is 0 Å². The van der Waals surface area contributed by atoms with Crippen molar-refractivity contribution in [2.75, 3.05) is 25.7 Å². The summed E-state index contributed by atoms with van der Waals surface area (Å²) in [5.41, 5.74) is 0. The topological polar surface area (TPSA) is 27.7 Å². The first-order chi connectivity index (χ1) is 11.7. The maximum atomic E-state index is 5.90. The summed E-state index contributed by atoms with van der Waals surface area (Å²) in [7, 11) is -2.40. The van der Waals surface area contributed by atoms with Gasteiger partial charge in [-0.3, -0.25) is 0 Å². The smallest absolute Gasteiger partial charge is 0.374 e. The van der Waals surface area contributed by atoms with Crippen LogP contribution in [0.2, 0.25) is 6.04 Å². The lowest BCUT2D eigenvalue weighted by Gasteiger charge is -2.28. The summed E-state index contributed by atoms with van der Waals surface area (Å²) in [6.45, 7) is 8.10. The number of rotatable bonds is 19. The van der Waals surface area contributed by atoms with Crippen molar-refractivity contribution in [3.8, 4) is 0 Å². The van der Waals surface area contributed by atoms with Crippen molar-refractivity contribution in [2.24, 2.45) is 0 Å². The third-order valence-corrected chi connectivity index (χ3v) is 7.63. The average Bonchev–Trinajstić information content (AvgIpc) is 2.56. The number of hydrogen-bond acceptors (Lipinski definition) is 3. The zero-order chi connectivity index (χ0) is 17.9. The van der Waals surface area contributed by atoms with E-state index in [2.05, 4.69) is 0 Å². The number of unbranched alkanes of at least 4 members (excludes halogenated alkanes) is 10. The Morgan fingerprint density at radius 2 is 0.875 bits per heavy atom. The van der Waals surface area contributed by atoms with Crippen LogP contribution in [0.3, 0.4) is 0 Å². The predicted molar refractivity (Wildman–Crippen MR) is 107 cm³/mol. The first kappa shape index (κ1) is 24.4. The van der Waals surface area contributed by atoms with Gasteiger partial charge in [-0.15, -0.1) is 11.6 Å². The van der Waals surface area contributed by atoms with Crippen molar-refractivity contribution in [1.29, 1.82) is 0 Å². The summed E-state index contributed by atoms with van der Waals surface area (Å²) < 4.78 is 17.7. The Morgan fingerprint density at radius 3 is 1.21 bits per heavy atom. The molecule has 0 fully saturated rings. The fourth-order valence-electron chi connectivity index (χ4n) is 3.03. The summed E-state index contributed by atoms with van der Waals surface area (Å²) in [4.78, 5) is 0. The molecule has 0 heterocycles. The molecule has 0 amide bonds. The van der Waals surface area contributed by atoms with Crippen molar-refractivity contribution < 1.29 is 13.3 Å². The van der Waals surface area contributed by atoms with E-state index in [0.29, 0.717) is 19.8 Å². The van der Waals surface area contributed by atoms with Crippen LogP contribution in [0.1, 0.15) is 91.4 Å². The quantitative estimate of drug-likeness (QED) is 0.144. The van der Waals surface area contributed by atoms with E-state index in [1.54, 1.807) is 0 Å². The predicted octanol–water partition coefficient (Wildman–Crippen LogP) is 6.56. The van der Waals surface area contributed by atoms with Gasteiger partial charge in [-0.25, -0.2) is 0 Å². The molecule has 0 rings (SSSR count). The van der Waals surface area contributed by atoms with E-state index in [1.165, 1.54) is 64.2 Å². The molecule has 0 bridgehead atoms. The molecular formula is C19H41ClO3Si. The Labute approximate surface area is 157 Å². The fraction of sp³-hybridized carbons (Fsp3) is 1.00. The molecule has 0 spiro atoms. The van der Waals surface area contributed by atoms with Gasteiger partial charge >= 0.3 is 8.80 Å². The molecule has 24 heavy (non-hydrogen) atoms. The summed E-state index contributed by atoms with van der Waals surface area (Å²) in [6.07, 6.45) is 14.5. The molecule has 0 aliphatic rings. The molecule has 0 aliphatic heterocycles. The van der Waals surface area contributed by atoms with Crippen molar-refractivity contribution in [3.05, 3.63) is 0 Å². The monoisotopic (exact) mass is 380 g/mol. The van der Waals surface area contributed by atoms with E-state index < -0.39 is 8.80 Å². The van der Waals surface area contributed by atoms with Crippen molar-refractivity contribution in [1.82, 2.24) is 0 Å². The number of hydrogen-bond donors (Lipinski definition) is 0.